The van der Waals surface area contributed by atoms with Gasteiger partial charge in [0.1, 0.15) is 11.2 Å². The van der Waals surface area contributed by atoms with Crippen molar-refractivity contribution in [2.24, 2.45) is 0 Å². The number of hydrogen-bond donors (Lipinski definition) is 0. The third-order valence-corrected chi connectivity index (χ3v) is 10.5. The first-order valence-corrected chi connectivity index (χ1v) is 18.4. The zero-order chi connectivity index (χ0) is 35.8. The van der Waals surface area contributed by atoms with Gasteiger partial charge in [0.2, 0.25) is 0 Å². The molecule has 0 atom stereocenters. The Morgan fingerprint density at radius 2 is 0.722 bits per heavy atom. The predicted octanol–water partition coefficient (Wildman–Crippen LogP) is 14.9. The van der Waals surface area contributed by atoms with Crippen LogP contribution in [0.15, 0.2) is 217 Å². The lowest BCUT2D eigenvalue weighted by Crippen LogP contribution is -2.10. The van der Waals surface area contributed by atoms with E-state index >= 15 is 0 Å². The Morgan fingerprint density at radius 3 is 1.26 bits per heavy atom. The standard InChI is InChI=1S/C52H35NO/c1-4-12-36(13-5-1)38-20-22-39(23-21-38)41-26-31-45(32-27-41)53(44-29-24-40(25-30-44)37-14-6-2-7-15-37)46-34-49(42-16-8-3-9-17-42)52-50(35-46)48-33-28-43-18-10-11-19-47(43)51(48)54-52/h1-35H. The highest BCUT2D eigenvalue weighted by Crippen LogP contribution is 2.45. The molecule has 10 aromatic rings. The highest BCUT2D eigenvalue weighted by molar-refractivity contribution is 6.18. The largest absolute Gasteiger partial charge is 0.455 e. The highest BCUT2D eigenvalue weighted by Gasteiger charge is 2.21. The first kappa shape index (κ1) is 31.6. The highest BCUT2D eigenvalue weighted by atomic mass is 16.3. The van der Waals surface area contributed by atoms with E-state index in [1.54, 1.807) is 0 Å². The lowest BCUT2D eigenvalue weighted by Gasteiger charge is -2.27. The summed E-state index contributed by atoms with van der Waals surface area (Å²) in [6.45, 7) is 0. The second-order valence-corrected chi connectivity index (χ2v) is 13.7. The number of rotatable bonds is 7. The zero-order valence-electron chi connectivity index (χ0n) is 29.6. The molecule has 254 valence electrons. The molecule has 0 aliphatic heterocycles. The van der Waals surface area contributed by atoms with Gasteiger partial charge in [-0.15, -0.1) is 0 Å². The van der Waals surface area contributed by atoms with Gasteiger partial charge >= 0.3 is 0 Å². The molecule has 0 radical (unpaired) electrons. The fourth-order valence-electron chi connectivity index (χ4n) is 7.72. The second kappa shape index (κ2) is 13.4. The van der Waals surface area contributed by atoms with Crippen molar-refractivity contribution in [1.29, 1.82) is 0 Å². The molecule has 0 N–H and O–H groups in total. The Balaban J connectivity index is 1.14. The number of hydrogen-bond acceptors (Lipinski definition) is 2. The SMILES string of the molecule is c1ccc(-c2ccc(-c3ccc(N(c4ccc(-c5ccccc5)cc4)c4cc(-c5ccccc5)c5oc6c7ccccc7ccc6c5c4)cc3)cc2)cc1. The van der Waals surface area contributed by atoms with Gasteiger partial charge in [-0.1, -0.05) is 170 Å². The number of anilines is 3. The van der Waals surface area contributed by atoms with Crippen molar-refractivity contribution >= 4 is 49.8 Å². The normalized spacial score (nSPS) is 11.3. The van der Waals surface area contributed by atoms with E-state index in [0.29, 0.717) is 0 Å². The first-order chi connectivity index (χ1) is 26.8. The minimum Gasteiger partial charge on any atom is -0.455 e. The number of furan rings is 1. The average molecular weight is 690 g/mol. The van der Waals surface area contributed by atoms with Gasteiger partial charge in [0.15, 0.2) is 0 Å². The van der Waals surface area contributed by atoms with Crippen molar-refractivity contribution in [3.63, 3.8) is 0 Å². The molecule has 0 amide bonds. The third-order valence-electron chi connectivity index (χ3n) is 10.5. The van der Waals surface area contributed by atoms with Gasteiger partial charge in [0.05, 0.1) is 0 Å². The number of fused-ring (bicyclic) bond motifs is 5. The molecule has 0 saturated heterocycles. The van der Waals surface area contributed by atoms with Crippen LogP contribution in [-0.4, -0.2) is 0 Å². The fraction of sp³-hybridized carbons (Fsp3) is 0. The van der Waals surface area contributed by atoms with Crippen LogP contribution in [0, 0.1) is 0 Å². The molecule has 2 nitrogen and oxygen atoms in total. The Kier molecular flexibility index (Phi) is 7.85. The van der Waals surface area contributed by atoms with Gasteiger partial charge in [-0.3, -0.25) is 0 Å². The minimum atomic E-state index is 0.893. The van der Waals surface area contributed by atoms with Crippen LogP contribution in [0.25, 0.3) is 77.2 Å². The summed E-state index contributed by atoms with van der Waals surface area (Å²) >= 11 is 0. The van der Waals surface area contributed by atoms with Crippen LogP contribution < -0.4 is 4.90 Å². The summed E-state index contributed by atoms with van der Waals surface area (Å²) in [5, 5.41) is 4.48. The van der Waals surface area contributed by atoms with Gasteiger partial charge in [-0.2, -0.15) is 0 Å². The fourth-order valence-corrected chi connectivity index (χ4v) is 7.72. The average Bonchev–Trinajstić information content (AvgIpc) is 3.64. The molecule has 0 spiro atoms. The van der Waals surface area contributed by atoms with E-state index in [9.17, 15) is 0 Å². The summed E-state index contributed by atoms with van der Waals surface area (Å²) in [7, 11) is 0. The van der Waals surface area contributed by atoms with Crippen molar-refractivity contribution in [1.82, 2.24) is 0 Å². The van der Waals surface area contributed by atoms with E-state index in [1.165, 1.54) is 38.8 Å². The lowest BCUT2D eigenvalue weighted by molar-refractivity contribution is 0.674. The summed E-state index contributed by atoms with van der Waals surface area (Å²) in [4.78, 5) is 2.36. The van der Waals surface area contributed by atoms with Crippen molar-refractivity contribution in [2.45, 2.75) is 0 Å². The van der Waals surface area contributed by atoms with E-state index in [-0.39, 0.29) is 0 Å². The lowest BCUT2D eigenvalue weighted by atomic mass is 9.98. The van der Waals surface area contributed by atoms with Crippen LogP contribution >= 0.6 is 0 Å². The Bertz CT molecular complexity index is 2880. The monoisotopic (exact) mass is 689 g/mol. The second-order valence-electron chi connectivity index (χ2n) is 13.7. The van der Waals surface area contributed by atoms with Crippen LogP contribution in [0.3, 0.4) is 0 Å². The molecule has 54 heavy (non-hydrogen) atoms. The van der Waals surface area contributed by atoms with Crippen molar-refractivity contribution in [3.8, 4) is 44.5 Å². The van der Waals surface area contributed by atoms with Crippen molar-refractivity contribution in [2.75, 3.05) is 4.90 Å². The summed E-state index contributed by atoms with van der Waals surface area (Å²) in [5.41, 5.74) is 14.4. The van der Waals surface area contributed by atoms with E-state index in [1.807, 2.05) is 0 Å². The third kappa shape index (κ3) is 5.71. The molecule has 9 aromatic carbocycles. The van der Waals surface area contributed by atoms with Gasteiger partial charge in [0.25, 0.3) is 0 Å². The zero-order valence-corrected chi connectivity index (χ0v) is 29.6. The van der Waals surface area contributed by atoms with Crippen LogP contribution in [0.4, 0.5) is 17.1 Å². The quantitative estimate of drug-likeness (QED) is 0.166. The molecule has 0 bridgehead atoms. The van der Waals surface area contributed by atoms with Crippen molar-refractivity contribution < 1.29 is 4.42 Å². The summed E-state index contributed by atoms with van der Waals surface area (Å²) in [6.07, 6.45) is 0. The van der Waals surface area contributed by atoms with E-state index in [4.69, 9.17) is 4.42 Å². The van der Waals surface area contributed by atoms with Gasteiger partial charge in [-0.05, 0) is 86.8 Å². The predicted molar refractivity (Wildman–Crippen MR) is 228 cm³/mol. The molecule has 1 aromatic heterocycles. The molecular weight excluding hydrogens is 655 g/mol. The molecule has 10 rings (SSSR count). The Morgan fingerprint density at radius 1 is 0.278 bits per heavy atom. The van der Waals surface area contributed by atoms with Gasteiger partial charge in [0, 0.05) is 38.8 Å². The molecule has 0 saturated carbocycles. The molecule has 0 aliphatic carbocycles. The first-order valence-electron chi connectivity index (χ1n) is 18.4. The van der Waals surface area contributed by atoms with Gasteiger partial charge in [-0.25, -0.2) is 0 Å². The maximum atomic E-state index is 6.84. The Labute approximate surface area is 314 Å². The van der Waals surface area contributed by atoms with Crippen LogP contribution in [0.5, 0.6) is 0 Å². The molecule has 0 unspecified atom stereocenters. The Hall–Kier alpha value is -7.16. The van der Waals surface area contributed by atoms with E-state index < -0.39 is 0 Å². The van der Waals surface area contributed by atoms with Crippen LogP contribution in [-0.2, 0) is 0 Å². The topological polar surface area (TPSA) is 16.4 Å². The van der Waals surface area contributed by atoms with Crippen LogP contribution in [0.1, 0.15) is 0 Å². The molecule has 0 fully saturated rings. The van der Waals surface area contributed by atoms with E-state index in [2.05, 4.69) is 217 Å². The summed E-state index contributed by atoms with van der Waals surface area (Å²) < 4.78 is 6.84. The summed E-state index contributed by atoms with van der Waals surface area (Å²) in [5.74, 6) is 0. The molecule has 1 heterocycles. The molecular formula is C52H35NO. The summed E-state index contributed by atoms with van der Waals surface area (Å²) in [6, 6.07) is 75.8. The van der Waals surface area contributed by atoms with Crippen molar-refractivity contribution in [3.05, 3.63) is 212 Å². The number of nitrogens with zero attached hydrogens (tertiary/aromatic N) is 1. The number of benzene rings is 9. The van der Waals surface area contributed by atoms with E-state index in [0.717, 1.165) is 55.5 Å². The molecule has 0 aliphatic rings. The van der Waals surface area contributed by atoms with Gasteiger partial charge < -0.3 is 9.32 Å². The maximum Gasteiger partial charge on any atom is 0.143 e. The maximum absolute atomic E-state index is 6.84. The van der Waals surface area contributed by atoms with Crippen LogP contribution in [0.2, 0.25) is 0 Å². The molecule has 2 heteroatoms. The smallest absolute Gasteiger partial charge is 0.143 e. The minimum absolute atomic E-state index is 0.893.